The normalized spacial score (nSPS) is 38.4. The second kappa shape index (κ2) is 4.01. The van der Waals surface area contributed by atoms with Gasteiger partial charge >= 0.3 is 0 Å². The van der Waals surface area contributed by atoms with Crippen LogP contribution in [-0.2, 0) is 0 Å². The summed E-state index contributed by atoms with van der Waals surface area (Å²) >= 11 is 0. The summed E-state index contributed by atoms with van der Waals surface area (Å²) in [7, 11) is 0. The Kier molecular flexibility index (Phi) is 3.11. The molecule has 0 aromatic rings. The molecular formula is C15H29N. The molecule has 0 saturated heterocycles. The van der Waals surface area contributed by atoms with E-state index >= 15 is 0 Å². The number of nitrogens with one attached hydrogen (secondary N) is 1. The minimum atomic E-state index is 0.469. The van der Waals surface area contributed by atoms with Crippen molar-refractivity contribution in [1.29, 1.82) is 0 Å². The summed E-state index contributed by atoms with van der Waals surface area (Å²) in [5.74, 6) is 0.873. The van der Waals surface area contributed by atoms with Crippen molar-refractivity contribution in [2.45, 2.75) is 78.8 Å². The maximum absolute atomic E-state index is 3.94. The van der Waals surface area contributed by atoms with Crippen molar-refractivity contribution in [3.63, 3.8) is 0 Å². The molecule has 2 aliphatic rings. The summed E-state index contributed by atoms with van der Waals surface area (Å²) in [5, 5.41) is 3.94. The zero-order chi connectivity index (χ0) is 12.0. The van der Waals surface area contributed by atoms with Gasteiger partial charge in [-0.15, -0.1) is 0 Å². The first-order valence-corrected chi connectivity index (χ1v) is 7.07. The number of rotatable bonds is 2. The lowest BCUT2D eigenvalue weighted by atomic mass is 9.69. The standard InChI is InChI=1S/C15H29N/c1-14(2,3)11-8-6-7-9-12(11)16-13-10-15(13,4)5/h11-13,16H,6-10H2,1-5H3. The Morgan fingerprint density at radius 1 is 1.06 bits per heavy atom. The summed E-state index contributed by atoms with van der Waals surface area (Å²) in [4.78, 5) is 0. The van der Waals surface area contributed by atoms with E-state index in [-0.39, 0.29) is 0 Å². The first-order valence-electron chi connectivity index (χ1n) is 7.07. The van der Waals surface area contributed by atoms with Gasteiger partial charge in [0.2, 0.25) is 0 Å². The molecule has 0 aromatic heterocycles. The minimum Gasteiger partial charge on any atom is -0.310 e. The van der Waals surface area contributed by atoms with Crippen LogP contribution in [0.15, 0.2) is 0 Å². The van der Waals surface area contributed by atoms with E-state index in [1.807, 2.05) is 0 Å². The van der Waals surface area contributed by atoms with Crippen molar-refractivity contribution in [2.24, 2.45) is 16.7 Å². The van der Waals surface area contributed by atoms with Crippen molar-refractivity contribution in [3.8, 4) is 0 Å². The van der Waals surface area contributed by atoms with Crippen LogP contribution in [0.4, 0.5) is 0 Å². The van der Waals surface area contributed by atoms with Gasteiger partial charge in [0, 0.05) is 12.1 Å². The van der Waals surface area contributed by atoms with Gasteiger partial charge in [0.05, 0.1) is 0 Å². The average Bonchev–Trinajstić information content (AvgIpc) is 2.72. The van der Waals surface area contributed by atoms with Crippen LogP contribution in [0, 0.1) is 16.7 Å². The number of hydrogen-bond donors (Lipinski definition) is 1. The maximum atomic E-state index is 3.94. The lowest BCUT2D eigenvalue weighted by Crippen LogP contribution is -2.45. The molecule has 16 heavy (non-hydrogen) atoms. The van der Waals surface area contributed by atoms with Crippen molar-refractivity contribution in [3.05, 3.63) is 0 Å². The highest BCUT2D eigenvalue weighted by molar-refractivity contribution is 5.04. The zero-order valence-corrected chi connectivity index (χ0v) is 11.8. The summed E-state index contributed by atoms with van der Waals surface area (Å²) in [5.41, 5.74) is 1.04. The molecule has 1 heteroatoms. The van der Waals surface area contributed by atoms with Gasteiger partial charge in [0.1, 0.15) is 0 Å². The van der Waals surface area contributed by atoms with Crippen LogP contribution in [-0.4, -0.2) is 12.1 Å². The molecule has 3 unspecified atom stereocenters. The molecule has 0 bridgehead atoms. The third-order valence-corrected chi connectivity index (χ3v) is 4.81. The van der Waals surface area contributed by atoms with Gasteiger partial charge in [-0.2, -0.15) is 0 Å². The van der Waals surface area contributed by atoms with Gasteiger partial charge in [-0.3, -0.25) is 0 Å². The Morgan fingerprint density at radius 3 is 2.12 bits per heavy atom. The van der Waals surface area contributed by atoms with E-state index in [4.69, 9.17) is 0 Å². The molecule has 0 aliphatic heterocycles. The number of hydrogen-bond acceptors (Lipinski definition) is 1. The highest BCUT2D eigenvalue weighted by Crippen LogP contribution is 2.47. The minimum absolute atomic E-state index is 0.469. The highest BCUT2D eigenvalue weighted by atomic mass is 15.0. The second-order valence-electron chi connectivity index (χ2n) is 7.78. The van der Waals surface area contributed by atoms with Crippen molar-refractivity contribution >= 4 is 0 Å². The van der Waals surface area contributed by atoms with E-state index < -0.39 is 0 Å². The SMILES string of the molecule is CC(C)(C)C1CCCCC1NC1CC1(C)C. The molecule has 2 rings (SSSR count). The Balaban J connectivity index is 1.95. The molecule has 1 N–H and O–H groups in total. The van der Waals surface area contributed by atoms with Gasteiger partial charge in [0.15, 0.2) is 0 Å². The molecular weight excluding hydrogens is 194 g/mol. The molecule has 1 nitrogen and oxygen atoms in total. The molecule has 2 aliphatic carbocycles. The molecule has 2 saturated carbocycles. The summed E-state index contributed by atoms with van der Waals surface area (Å²) in [6, 6.07) is 1.57. The smallest absolute Gasteiger partial charge is 0.0127 e. The average molecular weight is 223 g/mol. The predicted molar refractivity (Wildman–Crippen MR) is 70.5 cm³/mol. The van der Waals surface area contributed by atoms with E-state index in [1.54, 1.807) is 0 Å². The van der Waals surface area contributed by atoms with Crippen molar-refractivity contribution < 1.29 is 0 Å². The molecule has 2 fully saturated rings. The van der Waals surface area contributed by atoms with Crippen LogP contribution in [0.2, 0.25) is 0 Å². The molecule has 0 aromatic carbocycles. The molecule has 0 spiro atoms. The predicted octanol–water partition coefficient (Wildman–Crippen LogP) is 3.98. The fourth-order valence-corrected chi connectivity index (χ4v) is 3.38. The quantitative estimate of drug-likeness (QED) is 0.746. The molecule has 0 amide bonds. The maximum Gasteiger partial charge on any atom is 0.0127 e. The summed E-state index contributed by atoms with van der Waals surface area (Å²) < 4.78 is 0. The Morgan fingerprint density at radius 2 is 1.62 bits per heavy atom. The summed E-state index contributed by atoms with van der Waals surface area (Å²) in [6.07, 6.45) is 7.06. The van der Waals surface area contributed by atoms with E-state index in [0.717, 1.165) is 18.0 Å². The first kappa shape index (κ1) is 12.4. The third kappa shape index (κ3) is 2.61. The molecule has 0 heterocycles. The van der Waals surface area contributed by atoms with Crippen molar-refractivity contribution in [2.75, 3.05) is 0 Å². The van der Waals surface area contributed by atoms with E-state index in [9.17, 15) is 0 Å². The van der Waals surface area contributed by atoms with E-state index in [2.05, 4.69) is 39.9 Å². The molecule has 94 valence electrons. The third-order valence-electron chi connectivity index (χ3n) is 4.81. The van der Waals surface area contributed by atoms with Crippen LogP contribution < -0.4 is 5.32 Å². The fourth-order valence-electron chi connectivity index (χ4n) is 3.38. The Hall–Kier alpha value is -0.0400. The van der Waals surface area contributed by atoms with Crippen molar-refractivity contribution in [1.82, 2.24) is 5.32 Å². The Bertz CT molecular complexity index is 249. The zero-order valence-electron chi connectivity index (χ0n) is 11.8. The van der Waals surface area contributed by atoms with Gasteiger partial charge in [-0.25, -0.2) is 0 Å². The molecule has 0 radical (unpaired) electrons. The van der Waals surface area contributed by atoms with Crippen LogP contribution in [0.1, 0.15) is 66.7 Å². The largest absolute Gasteiger partial charge is 0.310 e. The lowest BCUT2D eigenvalue weighted by Gasteiger charge is -2.41. The second-order valence-corrected chi connectivity index (χ2v) is 7.78. The van der Waals surface area contributed by atoms with Crippen LogP contribution in [0.3, 0.4) is 0 Å². The van der Waals surface area contributed by atoms with E-state index in [0.29, 0.717) is 10.8 Å². The van der Waals surface area contributed by atoms with Gasteiger partial charge in [-0.05, 0) is 36.0 Å². The lowest BCUT2D eigenvalue weighted by molar-refractivity contribution is 0.128. The Labute approximate surface area is 101 Å². The molecule has 3 atom stereocenters. The topological polar surface area (TPSA) is 12.0 Å². The van der Waals surface area contributed by atoms with E-state index in [1.165, 1.54) is 32.1 Å². The van der Waals surface area contributed by atoms with Gasteiger partial charge in [-0.1, -0.05) is 47.5 Å². The van der Waals surface area contributed by atoms with Gasteiger partial charge < -0.3 is 5.32 Å². The van der Waals surface area contributed by atoms with Gasteiger partial charge in [0.25, 0.3) is 0 Å². The van der Waals surface area contributed by atoms with Crippen LogP contribution in [0.25, 0.3) is 0 Å². The highest BCUT2D eigenvalue weighted by Gasteiger charge is 2.48. The monoisotopic (exact) mass is 223 g/mol. The summed E-state index contributed by atoms with van der Waals surface area (Å²) in [6.45, 7) is 12.0. The van der Waals surface area contributed by atoms with Crippen LogP contribution >= 0.6 is 0 Å². The fraction of sp³-hybridized carbons (Fsp3) is 1.00. The first-order chi connectivity index (χ1) is 7.31. The van der Waals surface area contributed by atoms with Crippen LogP contribution in [0.5, 0.6) is 0 Å².